The lowest BCUT2D eigenvalue weighted by atomic mass is 9.96. The van der Waals surface area contributed by atoms with Gasteiger partial charge in [0.15, 0.2) is 6.86 Å². The normalized spacial score (nSPS) is 14.9. The quantitative estimate of drug-likeness (QED) is 0.380. The molecule has 192 valence electrons. The van der Waals surface area contributed by atoms with E-state index in [-0.39, 0.29) is 37.5 Å². The number of nitrogens with one attached hydrogen (secondary N) is 1. The fraction of sp³-hybridized carbons (Fsp3) is 0.708. The first-order valence-electron chi connectivity index (χ1n) is 11.8. The second kappa shape index (κ2) is 13.4. The molecule has 1 atom stereocenters. The summed E-state index contributed by atoms with van der Waals surface area (Å²) in [4.78, 5) is 31.8. The molecular weight excluding hydrogens is 445 g/mol. The van der Waals surface area contributed by atoms with Gasteiger partial charge in [0.1, 0.15) is 17.4 Å². The van der Waals surface area contributed by atoms with Crippen molar-refractivity contribution in [2.45, 2.75) is 59.1 Å². The van der Waals surface area contributed by atoms with Crippen molar-refractivity contribution in [1.82, 2.24) is 10.3 Å². The monoisotopic (exact) mass is 483 g/mol. The third-order valence-corrected chi connectivity index (χ3v) is 5.49. The van der Waals surface area contributed by atoms with Crippen LogP contribution in [0.25, 0.3) is 0 Å². The van der Waals surface area contributed by atoms with Gasteiger partial charge in [-0.3, -0.25) is 4.79 Å². The molecular formula is C24H38FN3O6. The molecule has 0 radical (unpaired) electrons. The second-order valence-electron chi connectivity index (χ2n) is 9.11. The summed E-state index contributed by atoms with van der Waals surface area (Å²) < 4.78 is 33.8. The molecule has 0 aromatic carbocycles. The summed E-state index contributed by atoms with van der Waals surface area (Å²) in [6, 6.07) is 2.64. The lowest BCUT2D eigenvalue weighted by Crippen LogP contribution is -2.52. The van der Waals surface area contributed by atoms with E-state index in [1.165, 1.54) is 0 Å². The number of hydrogen-bond acceptors (Lipinski definition) is 8. The average Bonchev–Trinajstić information content (AvgIpc) is 2.79. The second-order valence-corrected chi connectivity index (χ2v) is 9.11. The van der Waals surface area contributed by atoms with E-state index < -0.39 is 30.2 Å². The molecule has 1 amide bonds. The third-order valence-electron chi connectivity index (χ3n) is 5.49. The SMILES string of the molecule is CCCCC(NC(=O)c1ccc(N2CC(OC)C2)c(OCC(C)(C)COCF)n1)C(=O)OCC. The minimum absolute atomic E-state index is 0.120. The molecule has 10 heteroatoms. The number of rotatable bonds is 15. The van der Waals surface area contributed by atoms with Crippen LogP contribution >= 0.6 is 0 Å². The Kier molecular flexibility index (Phi) is 11.0. The van der Waals surface area contributed by atoms with Crippen LogP contribution in [0.2, 0.25) is 0 Å². The van der Waals surface area contributed by atoms with E-state index in [1.807, 2.05) is 25.7 Å². The maximum absolute atomic E-state index is 13.0. The number of esters is 1. The number of halogens is 1. The van der Waals surface area contributed by atoms with Gasteiger partial charge in [-0.1, -0.05) is 33.6 Å². The van der Waals surface area contributed by atoms with Gasteiger partial charge in [-0.05, 0) is 25.5 Å². The van der Waals surface area contributed by atoms with E-state index in [1.54, 1.807) is 26.2 Å². The first-order chi connectivity index (χ1) is 16.2. The number of anilines is 1. The summed E-state index contributed by atoms with van der Waals surface area (Å²) in [5.41, 5.74) is 0.397. The van der Waals surface area contributed by atoms with Crippen LogP contribution in [-0.4, -0.2) is 75.9 Å². The predicted molar refractivity (Wildman–Crippen MR) is 126 cm³/mol. The highest BCUT2D eigenvalue weighted by Gasteiger charge is 2.31. The fourth-order valence-electron chi connectivity index (χ4n) is 3.44. The molecule has 34 heavy (non-hydrogen) atoms. The minimum Gasteiger partial charge on any atom is -0.476 e. The van der Waals surface area contributed by atoms with Crippen molar-refractivity contribution in [1.29, 1.82) is 0 Å². The highest BCUT2D eigenvalue weighted by atomic mass is 19.1. The lowest BCUT2D eigenvalue weighted by molar-refractivity contribution is -0.145. The molecule has 9 nitrogen and oxygen atoms in total. The van der Waals surface area contributed by atoms with Crippen LogP contribution in [0.5, 0.6) is 5.88 Å². The van der Waals surface area contributed by atoms with E-state index >= 15 is 0 Å². The zero-order chi connectivity index (χ0) is 25.1. The van der Waals surface area contributed by atoms with Crippen LogP contribution in [0, 0.1) is 5.41 Å². The zero-order valence-corrected chi connectivity index (χ0v) is 20.9. The molecule has 1 aliphatic rings. The van der Waals surface area contributed by atoms with Gasteiger partial charge in [-0.25, -0.2) is 14.2 Å². The molecule has 2 heterocycles. The van der Waals surface area contributed by atoms with Crippen molar-refractivity contribution in [3.8, 4) is 5.88 Å². The van der Waals surface area contributed by atoms with Crippen molar-refractivity contribution >= 4 is 17.6 Å². The number of pyridine rings is 1. The largest absolute Gasteiger partial charge is 0.476 e. The molecule has 1 aromatic heterocycles. The van der Waals surface area contributed by atoms with Crippen LogP contribution < -0.4 is 15.0 Å². The third kappa shape index (κ3) is 8.09. The Morgan fingerprint density at radius 1 is 1.26 bits per heavy atom. The molecule has 0 bridgehead atoms. The Balaban J connectivity index is 2.20. The van der Waals surface area contributed by atoms with Crippen LogP contribution in [0.15, 0.2) is 12.1 Å². The van der Waals surface area contributed by atoms with E-state index in [4.69, 9.17) is 18.9 Å². The lowest BCUT2D eigenvalue weighted by Gasteiger charge is -2.40. The Morgan fingerprint density at radius 2 is 2.00 bits per heavy atom. The van der Waals surface area contributed by atoms with Crippen LogP contribution in [-0.2, 0) is 19.0 Å². The maximum atomic E-state index is 13.0. The maximum Gasteiger partial charge on any atom is 0.328 e. The molecule has 0 aliphatic carbocycles. The topological polar surface area (TPSA) is 99.2 Å². The summed E-state index contributed by atoms with van der Waals surface area (Å²) in [5, 5.41) is 2.75. The molecule has 0 spiro atoms. The van der Waals surface area contributed by atoms with Crippen LogP contribution in [0.4, 0.5) is 10.1 Å². The molecule has 1 saturated heterocycles. The van der Waals surface area contributed by atoms with E-state index in [0.29, 0.717) is 19.5 Å². The van der Waals surface area contributed by atoms with Gasteiger partial charge in [0.05, 0.1) is 25.9 Å². The molecule has 2 rings (SSSR count). The summed E-state index contributed by atoms with van der Waals surface area (Å²) in [5.74, 6) is -0.654. The number of amides is 1. The van der Waals surface area contributed by atoms with Gasteiger partial charge < -0.3 is 29.2 Å². The van der Waals surface area contributed by atoms with Crippen LogP contribution in [0.1, 0.15) is 57.4 Å². The van der Waals surface area contributed by atoms with Gasteiger partial charge in [-0.2, -0.15) is 0 Å². The molecule has 1 N–H and O–H groups in total. The highest BCUT2D eigenvalue weighted by molar-refractivity contribution is 5.95. The molecule has 1 aromatic rings. The Morgan fingerprint density at radius 3 is 2.62 bits per heavy atom. The number of hydrogen-bond donors (Lipinski definition) is 1. The van der Waals surface area contributed by atoms with E-state index in [9.17, 15) is 14.0 Å². The summed E-state index contributed by atoms with van der Waals surface area (Å²) in [6.45, 7) is 8.63. The van der Waals surface area contributed by atoms with Crippen molar-refractivity contribution in [3.63, 3.8) is 0 Å². The average molecular weight is 484 g/mol. The molecule has 1 unspecified atom stereocenters. The number of unbranched alkanes of at least 4 members (excludes halogenated alkanes) is 1. The minimum atomic E-state index is -0.867. The predicted octanol–water partition coefficient (Wildman–Crippen LogP) is 3.12. The first-order valence-corrected chi connectivity index (χ1v) is 11.8. The summed E-state index contributed by atoms with van der Waals surface area (Å²) >= 11 is 0. The molecule has 0 saturated carbocycles. The van der Waals surface area contributed by atoms with Crippen molar-refractivity contribution in [3.05, 3.63) is 17.8 Å². The van der Waals surface area contributed by atoms with Gasteiger partial charge in [0.2, 0.25) is 5.88 Å². The summed E-state index contributed by atoms with van der Waals surface area (Å²) in [7, 11) is 1.66. The number of alkyl halides is 1. The Hall–Kier alpha value is -2.46. The summed E-state index contributed by atoms with van der Waals surface area (Å²) in [6.07, 6.45) is 2.26. The molecule has 1 fully saturated rings. The van der Waals surface area contributed by atoms with Crippen molar-refractivity contribution in [2.75, 3.05) is 51.8 Å². The van der Waals surface area contributed by atoms with Gasteiger partial charge in [-0.15, -0.1) is 0 Å². The number of ether oxygens (including phenoxy) is 4. The number of nitrogens with zero attached hydrogens (tertiary/aromatic N) is 2. The number of methoxy groups -OCH3 is 1. The first kappa shape index (κ1) is 27.8. The number of carbonyl (C=O) groups is 2. The van der Waals surface area contributed by atoms with Gasteiger partial charge >= 0.3 is 5.97 Å². The smallest absolute Gasteiger partial charge is 0.328 e. The Bertz CT molecular complexity index is 801. The standard InChI is InChI=1S/C24H38FN3O6/c1-6-8-9-19(23(30)33-7-2)26-21(29)18-10-11-20(28-12-17(13-28)31-5)22(27-18)34-15-24(3,4)14-32-16-25/h10-11,17,19H,6-9,12-16H2,1-5H3,(H,26,29). The Labute approximate surface area is 201 Å². The van der Waals surface area contributed by atoms with Gasteiger partial charge in [0, 0.05) is 25.6 Å². The fourth-order valence-corrected chi connectivity index (χ4v) is 3.44. The number of aromatic nitrogens is 1. The highest BCUT2D eigenvalue weighted by Crippen LogP contribution is 2.32. The van der Waals surface area contributed by atoms with Crippen molar-refractivity contribution < 1.29 is 32.9 Å². The van der Waals surface area contributed by atoms with E-state index in [2.05, 4.69) is 10.3 Å². The van der Waals surface area contributed by atoms with Gasteiger partial charge in [0.25, 0.3) is 5.91 Å². The zero-order valence-electron chi connectivity index (χ0n) is 20.9. The number of carbonyl (C=O) groups excluding carboxylic acids is 2. The van der Waals surface area contributed by atoms with Crippen molar-refractivity contribution in [2.24, 2.45) is 5.41 Å². The van der Waals surface area contributed by atoms with E-state index in [0.717, 1.165) is 18.5 Å². The molecule has 1 aliphatic heterocycles. The van der Waals surface area contributed by atoms with Crippen LogP contribution in [0.3, 0.4) is 0 Å².